The van der Waals surface area contributed by atoms with E-state index in [2.05, 4.69) is 10.2 Å². The van der Waals surface area contributed by atoms with Gasteiger partial charge in [-0.05, 0) is 43.9 Å². The zero-order chi connectivity index (χ0) is 16.3. The Balaban J connectivity index is 1.83. The van der Waals surface area contributed by atoms with Crippen molar-refractivity contribution < 1.29 is 13.2 Å². The first-order valence-corrected chi connectivity index (χ1v) is 8.67. The van der Waals surface area contributed by atoms with Crippen molar-refractivity contribution in [2.45, 2.75) is 63.3 Å². The summed E-state index contributed by atoms with van der Waals surface area (Å²) < 4.78 is 39.9. The van der Waals surface area contributed by atoms with Crippen LogP contribution in [-0.4, -0.2) is 30.1 Å². The standard InChI is InChI=1S/C18H25F3N2/c19-18(20,21)17-10-4-1-6-14(17)13-23(15-7-2-3-8-15)16-9-5-11-22-12-16/h1,4,6,10,15-16,22H,2-3,5,7-9,11-13H2. The fraction of sp³-hybridized carbons (Fsp3) is 0.667. The summed E-state index contributed by atoms with van der Waals surface area (Å²) >= 11 is 0. The van der Waals surface area contributed by atoms with Crippen LogP contribution >= 0.6 is 0 Å². The predicted molar refractivity (Wildman–Crippen MR) is 85.1 cm³/mol. The number of piperidine rings is 1. The minimum Gasteiger partial charge on any atom is -0.315 e. The van der Waals surface area contributed by atoms with Gasteiger partial charge in [-0.15, -0.1) is 0 Å². The van der Waals surface area contributed by atoms with Gasteiger partial charge in [-0.25, -0.2) is 0 Å². The fourth-order valence-electron chi connectivity index (χ4n) is 4.04. The maximum absolute atomic E-state index is 13.3. The molecule has 0 aromatic heterocycles. The molecule has 2 fully saturated rings. The average Bonchev–Trinajstić information content (AvgIpc) is 3.07. The monoisotopic (exact) mass is 326 g/mol. The highest BCUT2D eigenvalue weighted by atomic mass is 19.4. The van der Waals surface area contributed by atoms with Crippen LogP contribution in [0.25, 0.3) is 0 Å². The van der Waals surface area contributed by atoms with Gasteiger partial charge in [-0.2, -0.15) is 13.2 Å². The molecule has 1 aromatic carbocycles. The van der Waals surface area contributed by atoms with E-state index in [1.165, 1.54) is 25.0 Å². The van der Waals surface area contributed by atoms with Gasteiger partial charge in [0.15, 0.2) is 0 Å². The number of hydrogen-bond donors (Lipinski definition) is 1. The fourth-order valence-corrected chi connectivity index (χ4v) is 4.04. The van der Waals surface area contributed by atoms with Crippen LogP contribution < -0.4 is 5.32 Å². The SMILES string of the molecule is FC(F)(F)c1ccccc1CN(C1CCCC1)C1CCCNC1. The third-order valence-corrected chi connectivity index (χ3v) is 5.21. The Morgan fingerprint density at radius 1 is 1.00 bits per heavy atom. The lowest BCUT2D eigenvalue weighted by molar-refractivity contribution is -0.138. The molecule has 1 heterocycles. The number of hydrogen-bond acceptors (Lipinski definition) is 2. The quantitative estimate of drug-likeness (QED) is 0.892. The molecule has 2 aliphatic rings. The summed E-state index contributed by atoms with van der Waals surface area (Å²) in [6, 6.07) is 6.84. The highest BCUT2D eigenvalue weighted by Gasteiger charge is 2.35. The van der Waals surface area contributed by atoms with E-state index in [-0.39, 0.29) is 0 Å². The molecule has 1 unspecified atom stereocenters. The third-order valence-electron chi connectivity index (χ3n) is 5.21. The van der Waals surface area contributed by atoms with Crippen molar-refractivity contribution in [2.75, 3.05) is 13.1 Å². The van der Waals surface area contributed by atoms with Gasteiger partial charge in [-0.3, -0.25) is 4.90 Å². The molecule has 1 saturated heterocycles. The molecule has 1 aliphatic carbocycles. The maximum Gasteiger partial charge on any atom is 0.416 e. The first-order chi connectivity index (χ1) is 11.1. The minimum atomic E-state index is -4.28. The maximum atomic E-state index is 13.3. The van der Waals surface area contributed by atoms with E-state index in [0.29, 0.717) is 24.2 Å². The number of alkyl halides is 3. The van der Waals surface area contributed by atoms with Gasteiger partial charge in [0.05, 0.1) is 5.56 Å². The highest BCUT2D eigenvalue weighted by Crippen LogP contribution is 2.34. The molecular weight excluding hydrogens is 301 g/mol. The lowest BCUT2D eigenvalue weighted by Gasteiger charge is -2.39. The normalized spacial score (nSPS) is 23.6. The predicted octanol–water partition coefficient (Wildman–Crippen LogP) is 4.20. The summed E-state index contributed by atoms with van der Waals surface area (Å²) in [5.74, 6) is 0. The van der Waals surface area contributed by atoms with E-state index in [1.54, 1.807) is 12.1 Å². The molecule has 0 bridgehead atoms. The summed E-state index contributed by atoms with van der Waals surface area (Å²) in [4.78, 5) is 2.35. The summed E-state index contributed by atoms with van der Waals surface area (Å²) in [6.45, 7) is 2.32. The Kier molecular flexibility index (Phi) is 5.27. The van der Waals surface area contributed by atoms with E-state index in [4.69, 9.17) is 0 Å². The molecule has 1 N–H and O–H groups in total. The van der Waals surface area contributed by atoms with Crippen molar-refractivity contribution in [3.63, 3.8) is 0 Å². The van der Waals surface area contributed by atoms with Gasteiger partial charge < -0.3 is 5.32 Å². The Labute approximate surface area is 136 Å². The van der Waals surface area contributed by atoms with Crippen LogP contribution in [0.1, 0.15) is 49.7 Å². The van der Waals surface area contributed by atoms with Gasteiger partial charge in [0.25, 0.3) is 0 Å². The smallest absolute Gasteiger partial charge is 0.315 e. The van der Waals surface area contributed by atoms with E-state index in [9.17, 15) is 13.2 Å². The van der Waals surface area contributed by atoms with E-state index < -0.39 is 11.7 Å². The molecular formula is C18H25F3N2. The van der Waals surface area contributed by atoms with Crippen LogP contribution in [0, 0.1) is 0 Å². The van der Waals surface area contributed by atoms with Crippen molar-refractivity contribution in [3.05, 3.63) is 35.4 Å². The molecule has 23 heavy (non-hydrogen) atoms. The van der Waals surface area contributed by atoms with Gasteiger partial charge in [-0.1, -0.05) is 31.0 Å². The van der Waals surface area contributed by atoms with Crippen LogP contribution in [0.4, 0.5) is 13.2 Å². The summed E-state index contributed by atoms with van der Waals surface area (Å²) in [6.07, 6.45) is 2.54. The van der Waals surface area contributed by atoms with Gasteiger partial charge in [0.1, 0.15) is 0 Å². The Hall–Kier alpha value is -1.07. The molecule has 0 spiro atoms. The second kappa shape index (κ2) is 7.22. The number of halogens is 3. The number of rotatable bonds is 4. The summed E-state index contributed by atoms with van der Waals surface area (Å²) in [7, 11) is 0. The number of nitrogens with one attached hydrogen (secondary N) is 1. The Morgan fingerprint density at radius 3 is 2.35 bits per heavy atom. The zero-order valence-corrected chi connectivity index (χ0v) is 13.4. The van der Waals surface area contributed by atoms with Crippen LogP contribution in [0.2, 0.25) is 0 Å². The zero-order valence-electron chi connectivity index (χ0n) is 13.4. The van der Waals surface area contributed by atoms with E-state index in [0.717, 1.165) is 38.8 Å². The number of benzene rings is 1. The molecule has 5 heteroatoms. The van der Waals surface area contributed by atoms with Gasteiger partial charge in [0.2, 0.25) is 0 Å². The highest BCUT2D eigenvalue weighted by molar-refractivity contribution is 5.29. The molecule has 3 rings (SSSR count). The van der Waals surface area contributed by atoms with Crippen LogP contribution in [0.3, 0.4) is 0 Å². The minimum absolute atomic E-state index is 0.355. The second-order valence-corrected chi connectivity index (χ2v) is 6.77. The van der Waals surface area contributed by atoms with Crippen molar-refractivity contribution in [3.8, 4) is 0 Å². The summed E-state index contributed by atoms with van der Waals surface area (Å²) in [5.41, 5.74) is -0.0655. The molecule has 1 aromatic rings. The van der Waals surface area contributed by atoms with E-state index in [1.807, 2.05) is 0 Å². The molecule has 0 radical (unpaired) electrons. The van der Waals surface area contributed by atoms with E-state index >= 15 is 0 Å². The topological polar surface area (TPSA) is 15.3 Å². The lowest BCUT2D eigenvalue weighted by atomic mass is 9.99. The van der Waals surface area contributed by atoms with Crippen LogP contribution in [0.5, 0.6) is 0 Å². The Morgan fingerprint density at radius 2 is 1.70 bits per heavy atom. The van der Waals surface area contributed by atoms with Crippen molar-refractivity contribution >= 4 is 0 Å². The number of nitrogens with zero attached hydrogens (tertiary/aromatic N) is 1. The van der Waals surface area contributed by atoms with Gasteiger partial charge >= 0.3 is 6.18 Å². The molecule has 128 valence electrons. The van der Waals surface area contributed by atoms with Crippen LogP contribution in [-0.2, 0) is 12.7 Å². The molecule has 1 atom stereocenters. The lowest BCUT2D eigenvalue weighted by Crippen LogP contribution is -2.49. The average molecular weight is 326 g/mol. The van der Waals surface area contributed by atoms with Crippen molar-refractivity contribution in [1.82, 2.24) is 10.2 Å². The largest absolute Gasteiger partial charge is 0.416 e. The first kappa shape index (κ1) is 16.8. The molecule has 2 nitrogen and oxygen atoms in total. The molecule has 0 amide bonds. The first-order valence-electron chi connectivity index (χ1n) is 8.67. The third kappa shape index (κ3) is 4.07. The van der Waals surface area contributed by atoms with Crippen molar-refractivity contribution in [1.29, 1.82) is 0 Å². The van der Waals surface area contributed by atoms with Crippen molar-refractivity contribution in [2.24, 2.45) is 0 Å². The second-order valence-electron chi connectivity index (χ2n) is 6.77. The molecule has 1 saturated carbocycles. The van der Waals surface area contributed by atoms with Gasteiger partial charge in [0, 0.05) is 25.2 Å². The summed E-state index contributed by atoms with van der Waals surface area (Å²) in [5, 5.41) is 3.41. The Bertz CT molecular complexity index is 503. The van der Waals surface area contributed by atoms with Crippen LogP contribution in [0.15, 0.2) is 24.3 Å². The molecule has 1 aliphatic heterocycles.